The molecule has 30 heavy (non-hydrogen) atoms. The van der Waals surface area contributed by atoms with E-state index in [2.05, 4.69) is 10.6 Å². The summed E-state index contributed by atoms with van der Waals surface area (Å²) in [6.07, 6.45) is 1.76. The largest absolute Gasteiger partial charge is 0.340 e. The molecule has 0 bridgehead atoms. The molecule has 0 fully saturated rings. The predicted octanol–water partition coefficient (Wildman–Crippen LogP) is 7.51. The average Bonchev–Trinajstić information content (AvgIpc) is 3.00. The highest BCUT2D eigenvalue weighted by Gasteiger charge is 2.16. The van der Waals surface area contributed by atoms with Crippen LogP contribution in [0.3, 0.4) is 0 Å². The first-order valence-corrected chi connectivity index (χ1v) is 10.1. The van der Waals surface area contributed by atoms with E-state index in [1.807, 2.05) is 43.3 Å². The number of benzene rings is 3. The molecule has 0 saturated carbocycles. The lowest BCUT2D eigenvalue weighted by molar-refractivity contribution is 0.624. The minimum atomic E-state index is -0.417. The van der Waals surface area contributed by atoms with Crippen LogP contribution in [0.25, 0.3) is 22.6 Å². The molecule has 0 saturated heterocycles. The van der Waals surface area contributed by atoms with Crippen molar-refractivity contribution in [2.24, 2.45) is 0 Å². The summed E-state index contributed by atoms with van der Waals surface area (Å²) in [4.78, 5) is 0. The van der Waals surface area contributed by atoms with Crippen LogP contribution in [0.15, 0.2) is 66.7 Å². The third kappa shape index (κ3) is 3.73. The third-order valence-corrected chi connectivity index (χ3v) is 5.78. The monoisotopic (exact) mass is 434 g/mol. The van der Waals surface area contributed by atoms with Gasteiger partial charge in [0.1, 0.15) is 5.82 Å². The average molecular weight is 435 g/mol. The normalized spacial score (nSPS) is 11.6. The smallest absolute Gasteiger partial charge is 0.131 e. The van der Waals surface area contributed by atoms with E-state index in [0.29, 0.717) is 16.6 Å². The molecule has 0 radical (unpaired) electrons. The van der Waals surface area contributed by atoms with Crippen LogP contribution in [0.5, 0.6) is 0 Å². The van der Waals surface area contributed by atoms with E-state index >= 15 is 0 Å². The van der Waals surface area contributed by atoms with Crippen molar-refractivity contribution in [1.29, 1.82) is 5.26 Å². The lowest BCUT2D eigenvalue weighted by Gasteiger charge is -2.11. The van der Waals surface area contributed by atoms with Crippen LogP contribution in [0.4, 0.5) is 4.39 Å². The van der Waals surface area contributed by atoms with Crippen LogP contribution < -0.4 is 0 Å². The van der Waals surface area contributed by atoms with Gasteiger partial charge in [0.2, 0.25) is 0 Å². The maximum atomic E-state index is 14.3. The molecule has 4 rings (SSSR count). The molecule has 0 spiro atoms. The zero-order chi connectivity index (χ0) is 21.3. The molecule has 0 amide bonds. The topological polar surface area (TPSA) is 28.7 Å². The Morgan fingerprint density at radius 2 is 1.80 bits per heavy atom. The number of nitrogens with zero attached hydrogens (tertiary/aromatic N) is 2. The Labute approximate surface area is 184 Å². The summed E-state index contributed by atoms with van der Waals surface area (Å²) >= 11 is 12.4. The van der Waals surface area contributed by atoms with Crippen LogP contribution >= 0.6 is 23.2 Å². The predicted molar refractivity (Wildman–Crippen MR) is 122 cm³/mol. The fraction of sp³-hybridized carbons (Fsp3) is 0.0800. The number of nitriles is 1. The highest BCUT2D eigenvalue weighted by Crippen LogP contribution is 2.32. The van der Waals surface area contributed by atoms with Crippen molar-refractivity contribution >= 4 is 45.8 Å². The molecule has 0 unspecified atom stereocenters. The Kier molecular flexibility index (Phi) is 5.63. The summed E-state index contributed by atoms with van der Waals surface area (Å²) in [5.41, 5.74) is 4.37. The lowest BCUT2D eigenvalue weighted by atomic mass is 10.0. The van der Waals surface area contributed by atoms with E-state index in [1.165, 1.54) is 6.07 Å². The van der Waals surface area contributed by atoms with Gasteiger partial charge in [-0.05, 0) is 42.8 Å². The van der Waals surface area contributed by atoms with Gasteiger partial charge >= 0.3 is 0 Å². The van der Waals surface area contributed by atoms with Gasteiger partial charge in [-0.2, -0.15) is 5.26 Å². The maximum Gasteiger partial charge on any atom is 0.131 e. The summed E-state index contributed by atoms with van der Waals surface area (Å²) in [5, 5.41) is 11.9. The second-order valence-electron chi connectivity index (χ2n) is 6.99. The first-order valence-electron chi connectivity index (χ1n) is 9.38. The molecular formula is C25H17Cl2FN2. The first kappa shape index (κ1) is 20.2. The second-order valence-corrected chi connectivity index (χ2v) is 7.83. The highest BCUT2D eigenvalue weighted by molar-refractivity contribution is 6.35. The number of para-hydroxylation sites is 1. The van der Waals surface area contributed by atoms with Crippen LogP contribution in [0, 0.1) is 24.1 Å². The van der Waals surface area contributed by atoms with Gasteiger partial charge in [-0.15, -0.1) is 0 Å². The summed E-state index contributed by atoms with van der Waals surface area (Å²) in [6, 6.07) is 21.9. The Bertz CT molecular complexity index is 1330. The molecule has 0 N–H and O–H groups in total. The Morgan fingerprint density at radius 3 is 2.53 bits per heavy atom. The summed E-state index contributed by atoms with van der Waals surface area (Å²) in [5.74, 6) is -0.417. The van der Waals surface area contributed by atoms with Crippen molar-refractivity contribution in [2.45, 2.75) is 13.5 Å². The van der Waals surface area contributed by atoms with Gasteiger partial charge in [0.25, 0.3) is 0 Å². The Balaban J connectivity index is 1.89. The molecular weight excluding hydrogens is 418 g/mol. The quantitative estimate of drug-likeness (QED) is 0.305. The minimum Gasteiger partial charge on any atom is -0.340 e. The molecule has 0 atom stereocenters. The van der Waals surface area contributed by atoms with E-state index in [0.717, 1.165) is 27.7 Å². The molecule has 0 aliphatic rings. The van der Waals surface area contributed by atoms with Crippen LogP contribution in [-0.4, -0.2) is 4.57 Å². The number of allylic oxidation sites excluding steroid dienone is 1. The molecule has 1 heterocycles. The Morgan fingerprint density at radius 1 is 1.07 bits per heavy atom. The van der Waals surface area contributed by atoms with Gasteiger partial charge in [-0.25, -0.2) is 4.39 Å². The van der Waals surface area contributed by atoms with Gasteiger partial charge in [0, 0.05) is 44.3 Å². The van der Waals surface area contributed by atoms with Gasteiger partial charge in [0.15, 0.2) is 0 Å². The fourth-order valence-corrected chi connectivity index (χ4v) is 4.13. The summed E-state index contributed by atoms with van der Waals surface area (Å²) in [6.45, 7) is 2.55. The molecule has 3 aromatic carbocycles. The summed E-state index contributed by atoms with van der Waals surface area (Å²) < 4.78 is 16.4. The van der Waals surface area contributed by atoms with E-state index in [1.54, 1.807) is 30.3 Å². The molecule has 0 aliphatic heterocycles. The van der Waals surface area contributed by atoms with Gasteiger partial charge in [0.05, 0.1) is 11.6 Å². The van der Waals surface area contributed by atoms with Crippen LogP contribution in [0.1, 0.15) is 22.4 Å². The van der Waals surface area contributed by atoms with E-state index in [9.17, 15) is 9.65 Å². The van der Waals surface area contributed by atoms with E-state index < -0.39 is 5.82 Å². The minimum absolute atomic E-state index is 0.281. The number of rotatable bonds is 4. The highest BCUT2D eigenvalue weighted by atomic mass is 35.5. The van der Waals surface area contributed by atoms with Gasteiger partial charge in [-0.3, -0.25) is 0 Å². The van der Waals surface area contributed by atoms with Gasteiger partial charge < -0.3 is 4.57 Å². The number of hydrogen-bond donors (Lipinski definition) is 0. The van der Waals surface area contributed by atoms with Crippen molar-refractivity contribution in [3.8, 4) is 6.07 Å². The van der Waals surface area contributed by atoms with Crippen molar-refractivity contribution in [3.63, 3.8) is 0 Å². The fourth-order valence-electron chi connectivity index (χ4n) is 3.66. The van der Waals surface area contributed by atoms with Crippen LogP contribution in [-0.2, 0) is 6.54 Å². The molecule has 5 heteroatoms. The number of halogens is 3. The third-order valence-electron chi connectivity index (χ3n) is 5.20. The summed E-state index contributed by atoms with van der Waals surface area (Å²) in [7, 11) is 0. The van der Waals surface area contributed by atoms with Gasteiger partial charge in [-0.1, -0.05) is 65.7 Å². The molecule has 2 nitrogen and oxygen atoms in total. The van der Waals surface area contributed by atoms with Crippen molar-refractivity contribution < 1.29 is 4.39 Å². The standard InChI is InChI=1S/C25H17Cl2FN2/c1-16-22(12-18(14-29)20-6-2-4-8-24(20)28)21-7-3-5-9-25(21)30(16)15-17-10-11-19(26)13-23(17)27/h2-13H,15H2,1H3/b18-12-. The second kappa shape index (κ2) is 8.36. The number of hydrogen-bond acceptors (Lipinski definition) is 1. The molecule has 148 valence electrons. The number of aromatic nitrogens is 1. The van der Waals surface area contributed by atoms with Crippen molar-refractivity contribution in [1.82, 2.24) is 4.57 Å². The zero-order valence-corrected chi connectivity index (χ0v) is 17.7. The number of fused-ring (bicyclic) bond motifs is 1. The van der Waals surface area contributed by atoms with E-state index in [-0.39, 0.29) is 11.1 Å². The molecule has 0 aliphatic carbocycles. The molecule has 1 aromatic heterocycles. The zero-order valence-electron chi connectivity index (χ0n) is 16.2. The molecule has 4 aromatic rings. The van der Waals surface area contributed by atoms with Crippen molar-refractivity contribution in [2.75, 3.05) is 0 Å². The Hall–Kier alpha value is -3.06. The maximum absolute atomic E-state index is 14.3. The van der Waals surface area contributed by atoms with Crippen molar-refractivity contribution in [3.05, 3.63) is 105 Å². The van der Waals surface area contributed by atoms with E-state index in [4.69, 9.17) is 23.2 Å². The first-order chi connectivity index (χ1) is 14.5. The SMILES string of the molecule is Cc1c(/C=C(/C#N)c2ccccc2F)c2ccccc2n1Cc1ccc(Cl)cc1Cl. The van der Waals surface area contributed by atoms with Crippen LogP contribution in [0.2, 0.25) is 10.0 Å². The lowest BCUT2D eigenvalue weighted by Crippen LogP contribution is -2.02.